The van der Waals surface area contributed by atoms with E-state index in [0.29, 0.717) is 19.6 Å². The highest BCUT2D eigenvalue weighted by Gasteiger charge is 2.21. The third kappa shape index (κ3) is 5.04. The lowest BCUT2D eigenvalue weighted by molar-refractivity contribution is -0.138. The quantitative estimate of drug-likeness (QED) is 0.679. The summed E-state index contributed by atoms with van der Waals surface area (Å²) >= 11 is 0. The van der Waals surface area contributed by atoms with Crippen LogP contribution in [0.3, 0.4) is 0 Å². The standard InChI is InChI=1S/C13H25N3O2/c1-4-16(5-2)13(18)10-15(3)12(17)9-14-8-11-6-7-11/h11,14H,4-10H2,1-3H3. The summed E-state index contributed by atoms with van der Waals surface area (Å²) in [5, 5.41) is 3.14. The van der Waals surface area contributed by atoms with Crippen molar-refractivity contribution in [3.63, 3.8) is 0 Å². The highest BCUT2D eigenvalue weighted by atomic mass is 16.2. The van der Waals surface area contributed by atoms with E-state index in [1.807, 2.05) is 13.8 Å². The van der Waals surface area contributed by atoms with Crippen LogP contribution in [0, 0.1) is 5.92 Å². The molecule has 0 radical (unpaired) electrons. The summed E-state index contributed by atoms with van der Waals surface area (Å²) in [6.07, 6.45) is 2.55. The molecule has 2 amide bonds. The Morgan fingerprint density at radius 3 is 2.28 bits per heavy atom. The molecule has 0 saturated heterocycles. The van der Waals surface area contributed by atoms with Crippen molar-refractivity contribution in [1.82, 2.24) is 15.1 Å². The van der Waals surface area contributed by atoms with E-state index in [1.54, 1.807) is 11.9 Å². The number of carbonyl (C=O) groups excluding carboxylic acids is 2. The topological polar surface area (TPSA) is 52.7 Å². The van der Waals surface area contributed by atoms with Gasteiger partial charge in [0.15, 0.2) is 0 Å². The van der Waals surface area contributed by atoms with Crippen molar-refractivity contribution < 1.29 is 9.59 Å². The zero-order valence-electron chi connectivity index (χ0n) is 11.7. The smallest absolute Gasteiger partial charge is 0.242 e. The molecule has 1 N–H and O–H groups in total. The van der Waals surface area contributed by atoms with Gasteiger partial charge in [0.25, 0.3) is 0 Å². The molecule has 1 aliphatic carbocycles. The van der Waals surface area contributed by atoms with Crippen molar-refractivity contribution in [2.75, 3.05) is 39.8 Å². The van der Waals surface area contributed by atoms with Gasteiger partial charge in [0, 0.05) is 20.1 Å². The molecular formula is C13H25N3O2. The lowest BCUT2D eigenvalue weighted by atomic mass is 10.4. The molecule has 0 aromatic heterocycles. The first-order chi connectivity index (χ1) is 8.58. The Balaban J connectivity index is 2.22. The van der Waals surface area contributed by atoms with Crippen LogP contribution >= 0.6 is 0 Å². The van der Waals surface area contributed by atoms with Gasteiger partial charge in [-0.1, -0.05) is 0 Å². The minimum atomic E-state index is -0.0174. The maximum atomic E-state index is 11.8. The van der Waals surface area contributed by atoms with Gasteiger partial charge in [0.05, 0.1) is 13.1 Å². The van der Waals surface area contributed by atoms with E-state index >= 15 is 0 Å². The number of carbonyl (C=O) groups is 2. The van der Waals surface area contributed by atoms with Gasteiger partial charge < -0.3 is 15.1 Å². The molecule has 0 bridgehead atoms. The van der Waals surface area contributed by atoms with Crippen molar-refractivity contribution >= 4 is 11.8 Å². The molecule has 5 heteroatoms. The number of hydrogen-bond acceptors (Lipinski definition) is 3. The van der Waals surface area contributed by atoms with Crippen molar-refractivity contribution in [3.05, 3.63) is 0 Å². The van der Waals surface area contributed by atoms with Crippen LogP contribution in [0.2, 0.25) is 0 Å². The van der Waals surface area contributed by atoms with Gasteiger partial charge >= 0.3 is 0 Å². The van der Waals surface area contributed by atoms with Crippen LogP contribution in [-0.2, 0) is 9.59 Å². The van der Waals surface area contributed by atoms with E-state index in [-0.39, 0.29) is 18.4 Å². The van der Waals surface area contributed by atoms with Gasteiger partial charge in [-0.05, 0) is 39.2 Å². The minimum Gasteiger partial charge on any atom is -0.342 e. The predicted molar refractivity (Wildman–Crippen MR) is 71.2 cm³/mol. The number of rotatable bonds is 8. The van der Waals surface area contributed by atoms with Crippen molar-refractivity contribution in [3.8, 4) is 0 Å². The second-order valence-electron chi connectivity index (χ2n) is 4.89. The molecule has 1 fully saturated rings. The third-order valence-corrected chi connectivity index (χ3v) is 3.32. The molecule has 5 nitrogen and oxygen atoms in total. The fourth-order valence-electron chi connectivity index (χ4n) is 1.81. The van der Waals surface area contributed by atoms with Crippen LogP contribution in [0.4, 0.5) is 0 Å². The average Bonchev–Trinajstić information content (AvgIpc) is 3.14. The summed E-state index contributed by atoms with van der Waals surface area (Å²) < 4.78 is 0. The molecule has 0 heterocycles. The van der Waals surface area contributed by atoms with E-state index in [1.165, 1.54) is 17.7 Å². The molecule has 1 rings (SSSR count). The maximum Gasteiger partial charge on any atom is 0.242 e. The summed E-state index contributed by atoms with van der Waals surface area (Å²) in [4.78, 5) is 26.8. The molecule has 0 atom stereocenters. The Morgan fingerprint density at radius 1 is 1.17 bits per heavy atom. The zero-order chi connectivity index (χ0) is 13.5. The molecular weight excluding hydrogens is 230 g/mol. The number of likely N-dealkylation sites (N-methyl/N-ethyl adjacent to an activating group) is 2. The van der Waals surface area contributed by atoms with E-state index in [4.69, 9.17) is 0 Å². The fourth-order valence-corrected chi connectivity index (χ4v) is 1.81. The SMILES string of the molecule is CCN(CC)C(=O)CN(C)C(=O)CNCC1CC1. The summed E-state index contributed by atoms with van der Waals surface area (Å²) in [7, 11) is 1.68. The molecule has 1 aliphatic rings. The lowest BCUT2D eigenvalue weighted by Gasteiger charge is -2.23. The Kier molecular flexibility index (Phi) is 6.12. The predicted octanol–water partition coefficient (Wildman–Crippen LogP) is 0.313. The molecule has 0 aromatic rings. The minimum absolute atomic E-state index is 0.0121. The first-order valence-electron chi connectivity index (χ1n) is 6.80. The fraction of sp³-hybridized carbons (Fsp3) is 0.846. The molecule has 1 saturated carbocycles. The third-order valence-electron chi connectivity index (χ3n) is 3.32. The summed E-state index contributed by atoms with van der Waals surface area (Å²) in [6.45, 7) is 6.70. The van der Waals surface area contributed by atoms with Gasteiger partial charge in [0.1, 0.15) is 0 Å². The van der Waals surface area contributed by atoms with Crippen LogP contribution in [0.15, 0.2) is 0 Å². The Labute approximate surface area is 110 Å². The van der Waals surface area contributed by atoms with Gasteiger partial charge in [0.2, 0.25) is 11.8 Å². The first kappa shape index (κ1) is 15.0. The molecule has 104 valence electrons. The molecule has 0 aromatic carbocycles. The summed E-state index contributed by atoms with van der Waals surface area (Å²) in [5.74, 6) is 0.759. The maximum absolute atomic E-state index is 11.8. The van der Waals surface area contributed by atoms with Crippen molar-refractivity contribution in [1.29, 1.82) is 0 Å². The van der Waals surface area contributed by atoms with Gasteiger partial charge in [-0.15, -0.1) is 0 Å². The van der Waals surface area contributed by atoms with Crippen LogP contribution < -0.4 is 5.32 Å². The van der Waals surface area contributed by atoms with E-state index < -0.39 is 0 Å². The highest BCUT2D eigenvalue weighted by molar-refractivity contribution is 5.85. The van der Waals surface area contributed by atoms with Crippen LogP contribution in [0.25, 0.3) is 0 Å². The number of amides is 2. The number of nitrogens with zero attached hydrogens (tertiary/aromatic N) is 2. The Hall–Kier alpha value is -1.10. The first-order valence-corrected chi connectivity index (χ1v) is 6.80. The number of nitrogens with one attached hydrogen (secondary N) is 1. The van der Waals surface area contributed by atoms with Crippen LogP contribution in [0.5, 0.6) is 0 Å². The van der Waals surface area contributed by atoms with Gasteiger partial charge in [-0.2, -0.15) is 0 Å². The van der Waals surface area contributed by atoms with E-state index in [9.17, 15) is 9.59 Å². The molecule has 0 aliphatic heterocycles. The van der Waals surface area contributed by atoms with Gasteiger partial charge in [-0.3, -0.25) is 9.59 Å². The van der Waals surface area contributed by atoms with Gasteiger partial charge in [-0.25, -0.2) is 0 Å². The highest BCUT2D eigenvalue weighted by Crippen LogP contribution is 2.27. The molecule has 18 heavy (non-hydrogen) atoms. The molecule has 0 unspecified atom stereocenters. The normalized spacial score (nSPS) is 14.4. The Morgan fingerprint density at radius 2 is 1.78 bits per heavy atom. The van der Waals surface area contributed by atoms with E-state index in [2.05, 4.69) is 5.32 Å². The zero-order valence-corrected chi connectivity index (χ0v) is 11.7. The van der Waals surface area contributed by atoms with Crippen LogP contribution in [-0.4, -0.2) is 61.4 Å². The summed E-state index contributed by atoms with van der Waals surface area (Å²) in [6, 6.07) is 0. The van der Waals surface area contributed by atoms with Crippen molar-refractivity contribution in [2.45, 2.75) is 26.7 Å². The lowest BCUT2D eigenvalue weighted by Crippen LogP contribution is -2.43. The van der Waals surface area contributed by atoms with Crippen molar-refractivity contribution in [2.24, 2.45) is 5.92 Å². The number of hydrogen-bond donors (Lipinski definition) is 1. The molecule has 0 spiro atoms. The second kappa shape index (κ2) is 7.36. The van der Waals surface area contributed by atoms with Crippen LogP contribution in [0.1, 0.15) is 26.7 Å². The monoisotopic (exact) mass is 255 g/mol. The second-order valence-corrected chi connectivity index (χ2v) is 4.89. The largest absolute Gasteiger partial charge is 0.342 e. The Bertz CT molecular complexity index is 286. The summed E-state index contributed by atoms with van der Waals surface area (Å²) in [5.41, 5.74) is 0. The average molecular weight is 255 g/mol. The van der Waals surface area contributed by atoms with E-state index in [0.717, 1.165) is 12.5 Å².